The molecule has 2 bridgehead atoms. The first-order valence-electron chi connectivity index (χ1n) is 4.65. The molecule has 2 aliphatic rings. The highest BCUT2D eigenvalue weighted by Gasteiger charge is 2.68. The molecule has 3 atom stereocenters. The topological polar surface area (TPSA) is 53.2 Å². The number of nitrogens with zero attached hydrogens (tertiary/aromatic N) is 1. The van der Waals surface area contributed by atoms with Crippen molar-refractivity contribution in [3.8, 4) is 6.07 Å². The van der Waals surface area contributed by atoms with Crippen molar-refractivity contribution in [3.63, 3.8) is 0 Å². The number of aliphatic hydroxyl groups is 1. The van der Waals surface area contributed by atoms with Crippen molar-refractivity contribution in [2.75, 3.05) is 0 Å². The van der Waals surface area contributed by atoms with Gasteiger partial charge in [-0.15, -0.1) is 0 Å². The fourth-order valence-electron chi connectivity index (χ4n) is 2.80. The molecule has 72 valence electrons. The first kappa shape index (κ1) is 8.98. The van der Waals surface area contributed by atoms with Gasteiger partial charge in [0.25, 0.3) is 0 Å². The largest absolute Gasteiger partial charge is 0.390 e. The van der Waals surface area contributed by atoms with Crippen molar-refractivity contribution in [1.29, 1.82) is 5.26 Å². The Morgan fingerprint density at radius 3 is 2.38 bits per heavy atom. The van der Waals surface area contributed by atoms with E-state index in [1.165, 1.54) is 0 Å². The summed E-state index contributed by atoms with van der Waals surface area (Å²) >= 11 is 0. The third kappa shape index (κ3) is 0.853. The minimum absolute atomic E-state index is 0.421. The molecule has 3 nitrogen and oxygen atoms in total. The molecule has 1 heterocycles. The molecule has 13 heavy (non-hydrogen) atoms. The van der Waals surface area contributed by atoms with Crippen molar-refractivity contribution in [2.24, 2.45) is 5.41 Å². The fraction of sp³-hybridized carbons (Fsp3) is 0.900. The Hall–Kier alpha value is -0.590. The Labute approximate surface area is 78.3 Å². The summed E-state index contributed by atoms with van der Waals surface area (Å²) in [5.41, 5.74) is -1.41. The molecular formula is C10H15NO2. The maximum absolute atomic E-state index is 9.73. The van der Waals surface area contributed by atoms with E-state index in [0.717, 1.165) is 0 Å². The Balaban J connectivity index is 2.45. The summed E-state index contributed by atoms with van der Waals surface area (Å²) < 4.78 is 5.77. The van der Waals surface area contributed by atoms with Crippen molar-refractivity contribution >= 4 is 0 Å². The predicted molar refractivity (Wildman–Crippen MR) is 46.9 cm³/mol. The van der Waals surface area contributed by atoms with Crippen molar-refractivity contribution < 1.29 is 9.84 Å². The third-order valence-corrected chi connectivity index (χ3v) is 3.75. The quantitative estimate of drug-likeness (QED) is 0.611. The van der Waals surface area contributed by atoms with Crippen LogP contribution in [0.2, 0.25) is 0 Å². The van der Waals surface area contributed by atoms with Gasteiger partial charge in [0.2, 0.25) is 0 Å². The van der Waals surface area contributed by atoms with Crippen LogP contribution in [0.5, 0.6) is 0 Å². The van der Waals surface area contributed by atoms with Crippen LogP contribution in [0.1, 0.15) is 33.6 Å². The molecule has 2 rings (SSSR count). The zero-order valence-electron chi connectivity index (χ0n) is 8.29. The molecule has 0 aromatic rings. The monoisotopic (exact) mass is 181 g/mol. The lowest BCUT2D eigenvalue weighted by Crippen LogP contribution is -2.48. The number of fused-ring (bicyclic) bond motifs is 2. The summed E-state index contributed by atoms with van der Waals surface area (Å²) in [6, 6.07) is 2.33. The average Bonchev–Trinajstić information content (AvgIpc) is 2.34. The van der Waals surface area contributed by atoms with E-state index in [0.29, 0.717) is 12.8 Å². The highest BCUT2D eigenvalue weighted by atomic mass is 16.5. The van der Waals surface area contributed by atoms with Crippen molar-refractivity contribution in [3.05, 3.63) is 0 Å². The summed E-state index contributed by atoms with van der Waals surface area (Å²) in [6.45, 7) is 5.77. The molecule has 1 saturated heterocycles. The van der Waals surface area contributed by atoms with Gasteiger partial charge < -0.3 is 9.84 Å². The van der Waals surface area contributed by atoms with Crippen LogP contribution < -0.4 is 0 Å². The predicted octanol–water partition coefficient (Wildman–Crippen LogP) is 1.22. The smallest absolute Gasteiger partial charge is 0.0937 e. The van der Waals surface area contributed by atoms with Crippen LogP contribution in [0.25, 0.3) is 0 Å². The van der Waals surface area contributed by atoms with Gasteiger partial charge in [-0.3, -0.25) is 0 Å². The minimum atomic E-state index is -0.501. The molecule has 3 unspecified atom stereocenters. The Morgan fingerprint density at radius 1 is 1.46 bits per heavy atom. The lowest BCUT2D eigenvalue weighted by Gasteiger charge is -2.40. The van der Waals surface area contributed by atoms with Gasteiger partial charge in [0, 0.05) is 6.42 Å². The number of aliphatic hydroxyl groups excluding tert-OH is 1. The molecule has 0 aromatic heterocycles. The van der Waals surface area contributed by atoms with Crippen LogP contribution in [0.15, 0.2) is 0 Å². The fourth-order valence-corrected chi connectivity index (χ4v) is 2.80. The van der Waals surface area contributed by atoms with E-state index in [9.17, 15) is 5.11 Å². The van der Waals surface area contributed by atoms with Gasteiger partial charge >= 0.3 is 0 Å². The van der Waals surface area contributed by atoms with Crippen LogP contribution in [-0.2, 0) is 4.74 Å². The molecule has 1 aliphatic heterocycles. The van der Waals surface area contributed by atoms with Crippen molar-refractivity contribution in [1.82, 2.24) is 0 Å². The molecule has 2 fully saturated rings. The maximum atomic E-state index is 9.73. The molecule has 1 saturated carbocycles. The number of nitriles is 1. The summed E-state index contributed by atoms with van der Waals surface area (Å²) in [5, 5.41) is 18.9. The highest BCUT2D eigenvalue weighted by Crippen LogP contribution is 2.61. The number of hydrogen-bond acceptors (Lipinski definition) is 3. The lowest BCUT2D eigenvalue weighted by atomic mass is 9.74. The van der Waals surface area contributed by atoms with E-state index in [1.54, 1.807) is 0 Å². The standard InChI is InChI=1S/C10H15NO2/c1-8(2)10(6-11)4-7(12)9(3,5-10)13-8/h7,12H,4-5H2,1-3H3. The summed E-state index contributed by atoms with van der Waals surface area (Å²) in [6.07, 6.45) is 0.720. The maximum Gasteiger partial charge on any atom is 0.0937 e. The summed E-state index contributed by atoms with van der Waals surface area (Å²) in [5.74, 6) is 0. The van der Waals surface area contributed by atoms with Crippen LogP contribution in [-0.4, -0.2) is 22.4 Å². The van der Waals surface area contributed by atoms with Gasteiger partial charge in [0.05, 0.1) is 28.8 Å². The minimum Gasteiger partial charge on any atom is -0.390 e. The van der Waals surface area contributed by atoms with Crippen LogP contribution in [0.4, 0.5) is 0 Å². The van der Waals surface area contributed by atoms with Gasteiger partial charge in [0.15, 0.2) is 0 Å². The van der Waals surface area contributed by atoms with E-state index in [-0.39, 0.29) is 0 Å². The highest BCUT2D eigenvalue weighted by molar-refractivity contribution is 5.24. The van der Waals surface area contributed by atoms with E-state index in [4.69, 9.17) is 10.00 Å². The Bertz CT molecular complexity index is 294. The Kier molecular flexibility index (Phi) is 1.43. The van der Waals surface area contributed by atoms with Crippen LogP contribution in [0, 0.1) is 16.7 Å². The second-order valence-corrected chi connectivity index (χ2v) is 5.02. The summed E-state index contributed by atoms with van der Waals surface area (Å²) in [7, 11) is 0. The molecule has 1 N–H and O–H groups in total. The number of ether oxygens (including phenoxy) is 1. The Morgan fingerprint density at radius 2 is 2.08 bits per heavy atom. The van der Waals surface area contributed by atoms with Crippen molar-refractivity contribution in [2.45, 2.75) is 50.9 Å². The van der Waals surface area contributed by atoms with Gasteiger partial charge in [-0.1, -0.05) is 0 Å². The van der Waals surface area contributed by atoms with Gasteiger partial charge in [-0.2, -0.15) is 5.26 Å². The molecular weight excluding hydrogens is 166 g/mol. The molecule has 3 heteroatoms. The van der Waals surface area contributed by atoms with Gasteiger partial charge in [0.1, 0.15) is 0 Å². The normalized spacial score (nSPS) is 52.1. The van der Waals surface area contributed by atoms with Crippen LogP contribution >= 0.6 is 0 Å². The molecule has 0 spiro atoms. The van der Waals surface area contributed by atoms with E-state index >= 15 is 0 Å². The number of hydrogen-bond donors (Lipinski definition) is 1. The zero-order valence-corrected chi connectivity index (χ0v) is 8.29. The second kappa shape index (κ2) is 2.08. The molecule has 1 aliphatic carbocycles. The third-order valence-electron chi connectivity index (χ3n) is 3.75. The summed E-state index contributed by atoms with van der Waals surface area (Å²) in [4.78, 5) is 0. The first-order chi connectivity index (χ1) is 5.85. The van der Waals surface area contributed by atoms with E-state index < -0.39 is 22.7 Å². The van der Waals surface area contributed by atoms with E-state index in [2.05, 4.69) is 6.07 Å². The molecule has 0 radical (unpaired) electrons. The SMILES string of the molecule is CC12CC(C#N)(CC1O)C(C)(C)O2. The molecule has 0 amide bonds. The van der Waals surface area contributed by atoms with Crippen LogP contribution in [0.3, 0.4) is 0 Å². The van der Waals surface area contributed by atoms with Gasteiger partial charge in [-0.25, -0.2) is 0 Å². The first-order valence-corrected chi connectivity index (χ1v) is 4.65. The molecule has 0 aromatic carbocycles. The zero-order chi connectivity index (χ0) is 9.91. The second-order valence-electron chi connectivity index (χ2n) is 5.02. The van der Waals surface area contributed by atoms with Gasteiger partial charge in [-0.05, 0) is 27.2 Å². The number of rotatable bonds is 0. The lowest BCUT2D eigenvalue weighted by molar-refractivity contribution is -0.175. The van der Waals surface area contributed by atoms with E-state index in [1.807, 2.05) is 20.8 Å². The average molecular weight is 181 g/mol.